The highest BCUT2D eigenvalue weighted by molar-refractivity contribution is 6.05. The minimum atomic E-state index is -0.710. The van der Waals surface area contributed by atoms with Crippen LogP contribution in [0.1, 0.15) is 50.0 Å². The molecule has 7 heteroatoms. The number of hydrogen-bond donors (Lipinski definition) is 2. The predicted octanol–water partition coefficient (Wildman–Crippen LogP) is 1.31. The molecule has 136 valence electrons. The van der Waals surface area contributed by atoms with Crippen LogP contribution in [0.25, 0.3) is 0 Å². The summed E-state index contributed by atoms with van der Waals surface area (Å²) in [7, 11) is 0. The summed E-state index contributed by atoms with van der Waals surface area (Å²) >= 11 is 0. The lowest BCUT2D eigenvalue weighted by Crippen LogP contribution is -2.34. The van der Waals surface area contributed by atoms with Crippen molar-refractivity contribution in [2.75, 3.05) is 13.2 Å². The zero-order chi connectivity index (χ0) is 19.0. The van der Waals surface area contributed by atoms with Crippen LogP contribution in [0.3, 0.4) is 0 Å². The molecule has 0 bridgehead atoms. The first kappa shape index (κ1) is 20.3. The molecule has 1 rings (SSSR count). The summed E-state index contributed by atoms with van der Waals surface area (Å²) in [6, 6.07) is 6.95. The Balaban J connectivity index is 2.42. The van der Waals surface area contributed by atoms with Gasteiger partial charge in [0.05, 0.1) is 6.42 Å². The van der Waals surface area contributed by atoms with E-state index in [-0.39, 0.29) is 24.3 Å². The van der Waals surface area contributed by atoms with E-state index in [4.69, 9.17) is 4.74 Å². The maximum Gasteiger partial charge on any atom is 0.308 e. The maximum absolute atomic E-state index is 12.0. The molecule has 2 N–H and O–H groups in total. The number of hydrogen-bond acceptors (Lipinski definition) is 5. The van der Waals surface area contributed by atoms with Crippen molar-refractivity contribution in [3.05, 3.63) is 35.4 Å². The Morgan fingerprint density at radius 1 is 1.04 bits per heavy atom. The van der Waals surface area contributed by atoms with E-state index in [0.717, 1.165) is 5.56 Å². The van der Waals surface area contributed by atoms with Crippen molar-refractivity contribution >= 4 is 23.7 Å². The van der Waals surface area contributed by atoms with Gasteiger partial charge in [0.25, 0.3) is 11.8 Å². The monoisotopic (exact) mass is 348 g/mol. The minimum absolute atomic E-state index is 0.0315. The first-order valence-electron chi connectivity index (χ1n) is 7.94. The third-order valence-electron chi connectivity index (χ3n) is 3.33. The SMILES string of the molecule is CC(=O)NCCC(=O)OCC(=O)NC(=O)c1ccc(C(C)(C)C)cc1. The van der Waals surface area contributed by atoms with E-state index >= 15 is 0 Å². The number of carbonyl (C=O) groups excluding carboxylic acids is 4. The van der Waals surface area contributed by atoms with Gasteiger partial charge in [-0.1, -0.05) is 32.9 Å². The minimum Gasteiger partial charge on any atom is -0.456 e. The third kappa shape index (κ3) is 7.60. The number of imide groups is 1. The number of ether oxygens (including phenoxy) is 1. The van der Waals surface area contributed by atoms with Crippen molar-refractivity contribution in [3.63, 3.8) is 0 Å². The summed E-state index contributed by atoms with van der Waals surface area (Å²) in [5.74, 6) is -2.16. The van der Waals surface area contributed by atoms with Crippen LogP contribution < -0.4 is 10.6 Å². The van der Waals surface area contributed by atoms with Gasteiger partial charge >= 0.3 is 5.97 Å². The Labute approximate surface area is 147 Å². The van der Waals surface area contributed by atoms with Crippen molar-refractivity contribution < 1.29 is 23.9 Å². The van der Waals surface area contributed by atoms with Gasteiger partial charge in [-0.15, -0.1) is 0 Å². The molecule has 0 aliphatic rings. The quantitative estimate of drug-likeness (QED) is 0.755. The molecule has 0 aliphatic carbocycles. The van der Waals surface area contributed by atoms with Crippen molar-refractivity contribution in [2.24, 2.45) is 0 Å². The first-order chi connectivity index (χ1) is 11.6. The number of esters is 1. The predicted molar refractivity (Wildman–Crippen MR) is 91.9 cm³/mol. The van der Waals surface area contributed by atoms with Gasteiger partial charge in [0.15, 0.2) is 6.61 Å². The zero-order valence-corrected chi connectivity index (χ0v) is 15.0. The standard InChI is InChI=1S/C18H24N2O5/c1-12(21)19-10-9-16(23)25-11-15(22)20-17(24)13-5-7-14(8-6-13)18(2,3)4/h5-8H,9-11H2,1-4H3,(H,19,21)(H,20,22,24). The number of nitrogens with one attached hydrogen (secondary N) is 2. The van der Waals surface area contributed by atoms with Crippen molar-refractivity contribution in [3.8, 4) is 0 Å². The first-order valence-corrected chi connectivity index (χ1v) is 7.94. The molecule has 0 saturated carbocycles. The second kappa shape index (κ2) is 8.96. The van der Waals surface area contributed by atoms with Gasteiger partial charge in [-0.2, -0.15) is 0 Å². The molecule has 0 radical (unpaired) electrons. The van der Waals surface area contributed by atoms with Gasteiger partial charge in [0.1, 0.15) is 0 Å². The van der Waals surface area contributed by atoms with Gasteiger partial charge in [0.2, 0.25) is 5.91 Å². The lowest BCUT2D eigenvalue weighted by Gasteiger charge is -2.18. The van der Waals surface area contributed by atoms with E-state index in [1.165, 1.54) is 6.92 Å². The highest BCUT2D eigenvalue weighted by Gasteiger charge is 2.16. The molecule has 0 aromatic heterocycles. The molecule has 0 fully saturated rings. The Kier molecular flexibility index (Phi) is 7.29. The Bertz CT molecular complexity index is 644. The Morgan fingerprint density at radius 3 is 2.16 bits per heavy atom. The van der Waals surface area contributed by atoms with Gasteiger partial charge in [-0.3, -0.25) is 24.5 Å². The summed E-state index contributed by atoms with van der Waals surface area (Å²) in [5, 5.41) is 4.60. The summed E-state index contributed by atoms with van der Waals surface area (Å²) < 4.78 is 4.73. The van der Waals surface area contributed by atoms with Gasteiger partial charge in [-0.25, -0.2) is 0 Å². The Morgan fingerprint density at radius 2 is 1.64 bits per heavy atom. The van der Waals surface area contributed by atoms with Crippen LogP contribution >= 0.6 is 0 Å². The van der Waals surface area contributed by atoms with Crippen LogP contribution in [0.4, 0.5) is 0 Å². The lowest BCUT2D eigenvalue weighted by atomic mass is 9.87. The topological polar surface area (TPSA) is 102 Å². The summed E-state index contributed by atoms with van der Waals surface area (Å²) in [6.07, 6.45) is -0.0466. The summed E-state index contributed by atoms with van der Waals surface area (Å²) in [4.78, 5) is 45.7. The lowest BCUT2D eigenvalue weighted by molar-refractivity contribution is -0.148. The van der Waals surface area contributed by atoms with E-state index in [1.54, 1.807) is 12.1 Å². The molecule has 0 aliphatic heterocycles. The van der Waals surface area contributed by atoms with Crippen LogP contribution in [0.5, 0.6) is 0 Å². The third-order valence-corrected chi connectivity index (χ3v) is 3.33. The number of benzene rings is 1. The second-order valence-electron chi connectivity index (χ2n) is 6.60. The van der Waals surface area contributed by atoms with Gasteiger partial charge in [0, 0.05) is 19.0 Å². The molecule has 7 nitrogen and oxygen atoms in total. The second-order valence-corrected chi connectivity index (χ2v) is 6.60. The molecule has 0 atom stereocenters. The van der Waals surface area contributed by atoms with Gasteiger partial charge in [-0.05, 0) is 23.1 Å². The fourth-order valence-electron chi connectivity index (χ4n) is 1.92. The van der Waals surface area contributed by atoms with E-state index in [0.29, 0.717) is 5.56 Å². The van der Waals surface area contributed by atoms with E-state index in [2.05, 4.69) is 31.4 Å². The molecule has 0 spiro atoms. The average molecular weight is 348 g/mol. The number of carbonyl (C=O) groups is 4. The highest BCUT2D eigenvalue weighted by atomic mass is 16.5. The largest absolute Gasteiger partial charge is 0.456 e. The molecular formula is C18H24N2O5. The normalized spacial score (nSPS) is 10.7. The summed E-state index contributed by atoms with van der Waals surface area (Å²) in [6.45, 7) is 7.10. The molecular weight excluding hydrogens is 324 g/mol. The van der Waals surface area contributed by atoms with Crippen molar-refractivity contribution in [2.45, 2.75) is 39.5 Å². The molecule has 0 heterocycles. The molecule has 0 unspecified atom stereocenters. The molecule has 0 saturated heterocycles. The molecule has 3 amide bonds. The molecule has 1 aromatic rings. The molecule has 1 aromatic carbocycles. The van der Waals surface area contributed by atoms with Crippen LogP contribution in [0.2, 0.25) is 0 Å². The van der Waals surface area contributed by atoms with E-state index in [1.807, 2.05) is 12.1 Å². The summed E-state index contributed by atoms with van der Waals surface area (Å²) in [5.41, 5.74) is 1.39. The Hall–Kier alpha value is -2.70. The number of rotatable bonds is 6. The van der Waals surface area contributed by atoms with Gasteiger partial charge < -0.3 is 10.1 Å². The smallest absolute Gasteiger partial charge is 0.308 e. The van der Waals surface area contributed by atoms with E-state index < -0.39 is 24.4 Å². The fourth-order valence-corrected chi connectivity index (χ4v) is 1.92. The van der Waals surface area contributed by atoms with Crippen LogP contribution in [-0.2, 0) is 24.5 Å². The number of amides is 3. The zero-order valence-electron chi connectivity index (χ0n) is 15.0. The maximum atomic E-state index is 12.0. The fraction of sp³-hybridized carbons (Fsp3) is 0.444. The molecule has 25 heavy (non-hydrogen) atoms. The highest BCUT2D eigenvalue weighted by Crippen LogP contribution is 2.22. The van der Waals surface area contributed by atoms with Crippen molar-refractivity contribution in [1.82, 2.24) is 10.6 Å². The van der Waals surface area contributed by atoms with Crippen LogP contribution in [0.15, 0.2) is 24.3 Å². The van der Waals surface area contributed by atoms with Crippen LogP contribution in [0, 0.1) is 0 Å². The van der Waals surface area contributed by atoms with Crippen LogP contribution in [-0.4, -0.2) is 36.8 Å². The van der Waals surface area contributed by atoms with Crippen molar-refractivity contribution in [1.29, 1.82) is 0 Å². The average Bonchev–Trinajstić information content (AvgIpc) is 2.52. The van der Waals surface area contributed by atoms with E-state index in [9.17, 15) is 19.2 Å².